The monoisotopic (exact) mass is 214 g/mol. The third-order valence-corrected chi connectivity index (χ3v) is 2.94. The Hall–Kier alpha value is -0.610. The number of carbonyl (C=O) groups excluding carboxylic acids is 1. The van der Waals surface area contributed by atoms with Gasteiger partial charge in [0.05, 0.1) is 12.5 Å². The van der Waals surface area contributed by atoms with Gasteiger partial charge in [0.15, 0.2) is 0 Å². The number of nitrogens with zero attached hydrogens (tertiary/aromatic N) is 1. The van der Waals surface area contributed by atoms with Crippen LogP contribution in [-0.2, 0) is 9.53 Å². The Morgan fingerprint density at radius 3 is 3.00 bits per heavy atom. The van der Waals surface area contributed by atoms with E-state index in [-0.39, 0.29) is 11.8 Å². The topological polar surface area (TPSA) is 41.6 Å². The van der Waals surface area contributed by atoms with E-state index in [0.29, 0.717) is 12.6 Å². The Kier molecular flexibility index (Phi) is 5.05. The van der Waals surface area contributed by atoms with Gasteiger partial charge in [0, 0.05) is 26.2 Å². The molecule has 1 rings (SSSR count). The Morgan fingerprint density at radius 2 is 2.40 bits per heavy atom. The number of amides is 1. The van der Waals surface area contributed by atoms with E-state index in [1.807, 2.05) is 18.9 Å². The summed E-state index contributed by atoms with van der Waals surface area (Å²) >= 11 is 0. The van der Waals surface area contributed by atoms with Crippen LogP contribution in [0.5, 0.6) is 0 Å². The highest BCUT2D eigenvalue weighted by atomic mass is 16.5. The number of ether oxygens (including phenoxy) is 1. The summed E-state index contributed by atoms with van der Waals surface area (Å²) in [6.07, 6.45) is 2.24. The van der Waals surface area contributed by atoms with Crippen molar-refractivity contribution < 1.29 is 9.53 Å². The van der Waals surface area contributed by atoms with Crippen molar-refractivity contribution in [3.05, 3.63) is 0 Å². The van der Waals surface area contributed by atoms with Crippen molar-refractivity contribution in [3.8, 4) is 0 Å². The van der Waals surface area contributed by atoms with Crippen LogP contribution in [0.2, 0.25) is 0 Å². The Bertz CT molecular complexity index is 209. The fourth-order valence-electron chi connectivity index (χ4n) is 2.18. The lowest BCUT2D eigenvalue weighted by Gasteiger charge is -2.27. The van der Waals surface area contributed by atoms with Gasteiger partial charge >= 0.3 is 0 Å². The number of hydrogen-bond acceptors (Lipinski definition) is 3. The number of carbonyl (C=O) groups is 1. The van der Waals surface area contributed by atoms with Gasteiger partial charge in [0.2, 0.25) is 5.91 Å². The molecular weight excluding hydrogens is 192 g/mol. The molecule has 0 aromatic heterocycles. The molecular formula is C11H22N2O2. The second-order valence-corrected chi connectivity index (χ2v) is 4.24. The van der Waals surface area contributed by atoms with Gasteiger partial charge in [-0.2, -0.15) is 0 Å². The van der Waals surface area contributed by atoms with Crippen LogP contribution < -0.4 is 5.32 Å². The molecule has 1 heterocycles. The van der Waals surface area contributed by atoms with Gasteiger partial charge in [-0.05, 0) is 19.9 Å². The number of likely N-dealkylation sites (N-methyl/N-ethyl adjacent to an activating group) is 1. The molecule has 4 nitrogen and oxygen atoms in total. The molecule has 2 unspecified atom stereocenters. The van der Waals surface area contributed by atoms with Crippen LogP contribution in [-0.4, -0.2) is 50.7 Å². The van der Waals surface area contributed by atoms with Gasteiger partial charge in [-0.3, -0.25) is 4.79 Å². The quantitative estimate of drug-likeness (QED) is 0.724. The lowest BCUT2D eigenvalue weighted by atomic mass is 10.1. The van der Waals surface area contributed by atoms with Crippen LogP contribution in [0.15, 0.2) is 0 Å². The van der Waals surface area contributed by atoms with Gasteiger partial charge in [-0.15, -0.1) is 0 Å². The summed E-state index contributed by atoms with van der Waals surface area (Å²) in [5, 5.41) is 3.14. The van der Waals surface area contributed by atoms with Gasteiger partial charge in [0.25, 0.3) is 0 Å². The minimum Gasteiger partial charge on any atom is -0.384 e. The molecule has 0 saturated carbocycles. The molecule has 0 aromatic rings. The molecule has 0 aromatic carbocycles. The zero-order valence-corrected chi connectivity index (χ0v) is 9.95. The van der Waals surface area contributed by atoms with Crippen molar-refractivity contribution in [2.45, 2.75) is 25.8 Å². The van der Waals surface area contributed by atoms with E-state index in [2.05, 4.69) is 5.32 Å². The lowest BCUT2D eigenvalue weighted by molar-refractivity contribution is -0.137. The molecule has 1 aliphatic heterocycles. The van der Waals surface area contributed by atoms with Crippen LogP contribution >= 0.6 is 0 Å². The number of nitrogens with one attached hydrogen (secondary N) is 1. The first-order chi connectivity index (χ1) is 7.20. The zero-order chi connectivity index (χ0) is 11.3. The van der Waals surface area contributed by atoms with E-state index in [4.69, 9.17) is 4.74 Å². The molecule has 15 heavy (non-hydrogen) atoms. The average molecular weight is 214 g/mol. The van der Waals surface area contributed by atoms with Gasteiger partial charge < -0.3 is 15.0 Å². The molecule has 0 bridgehead atoms. The molecule has 1 fully saturated rings. The summed E-state index contributed by atoms with van der Waals surface area (Å²) in [6, 6.07) is 0.377. The third-order valence-electron chi connectivity index (χ3n) is 2.94. The molecule has 2 atom stereocenters. The van der Waals surface area contributed by atoms with Crippen molar-refractivity contribution in [1.29, 1.82) is 0 Å². The first-order valence-corrected chi connectivity index (χ1v) is 5.64. The number of rotatable bonds is 5. The molecule has 1 aliphatic rings. The second kappa shape index (κ2) is 6.08. The lowest BCUT2D eigenvalue weighted by Crippen LogP contribution is -2.44. The largest absolute Gasteiger partial charge is 0.384 e. The molecule has 88 valence electrons. The molecule has 0 aliphatic carbocycles. The highest BCUT2D eigenvalue weighted by Crippen LogP contribution is 2.19. The third kappa shape index (κ3) is 3.18. The second-order valence-electron chi connectivity index (χ2n) is 4.24. The number of methoxy groups -OCH3 is 1. The minimum absolute atomic E-state index is 0.0209. The van der Waals surface area contributed by atoms with Gasteiger partial charge in [-0.1, -0.05) is 6.92 Å². The molecule has 0 spiro atoms. The summed E-state index contributed by atoms with van der Waals surface area (Å²) in [6.45, 7) is 4.24. The highest BCUT2D eigenvalue weighted by molar-refractivity contribution is 5.79. The molecule has 1 amide bonds. The normalized spacial score (nSPS) is 23.1. The number of likely N-dealkylation sites (tertiary alicyclic amines) is 1. The van der Waals surface area contributed by atoms with Crippen LogP contribution in [0, 0.1) is 5.92 Å². The summed E-state index contributed by atoms with van der Waals surface area (Å²) in [7, 11) is 3.57. The fourth-order valence-corrected chi connectivity index (χ4v) is 2.18. The van der Waals surface area contributed by atoms with Crippen molar-refractivity contribution in [2.75, 3.05) is 33.9 Å². The zero-order valence-electron chi connectivity index (χ0n) is 9.95. The Labute approximate surface area is 92.0 Å². The number of hydrogen-bond donors (Lipinski definition) is 1. The predicted molar refractivity (Wildman–Crippen MR) is 59.7 cm³/mol. The van der Waals surface area contributed by atoms with Crippen molar-refractivity contribution in [2.24, 2.45) is 5.92 Å². The highest BCUT2D eigenvalue weighted by Gasteiger charge is 2.30. The Balaban J connectivity index is 2.50. The SMILES string of the molecule is CNCC1CCCN1C(=O)C(C)COC. The van der Waals surface area contributed by atoms with E-state index in [0.717, 1.165) is 25.9 Å². The van der Waals surface area contributed by atoms with E-state index in [1.54, 1.807) is 7.11 Å². The molecule has 1 N–H and O–H groups in total. The summed E-state index contributed by atoms with van der Waals surface area (Å²) < 4.78 is 5.02. The molecule has 1 saturated heterocycles. The summed E-state index contributed by atoms with van der Waals surface area (Å²) in [5.74, 6) is 0.210. The maximum atomic E-state index is 12.0. The van der Waals surface area contributed by atoms with Crippen molar-refractivity contribution >= 4 is 5.91 Å². The van der Waals surface area contributed by atoms with E-state index < -0.39 is 0 Å². The fraction of sp³-hybridized carbons (Fsp3) is 0.909. The molecule has 4 heteroatoms. The van der Waals surface area contributed by atoms with Crippen molar-refractivity contribution in [1.82, 2.24) is 10.2 Å². The van der Waals surface area contributed by atoms with Crippen molar-refractivity contribution in [3.63, 3.8) is 0 Å². The van der Waals surface area contributed by atoms with Gasteiger partial charge in [-0.25, -0.2) is 0 Å². The smallest absolute Gasteiger partial charge is 0.228 e. The van der Waals surface area contributed by atoms with Gasteiger partial charge in [0.1, 0.15) is 0 Å². The Morgan fingerprint density at radius 1 is 1.67 bits per heavy atom. The predicted octanol–water partition coefficient (Wildman–Crippen LogP) is 0.479. The maximum absolute atomic E-state index is 12.0. The summed E-state index contributed by atoms with van der Waals surface area (Å²) in [4.78, 5) is 14.0. The molecule has 0 radical (unpaired) electrons. The van der Waals surface area contributed by atoms with Crippen LogP contribution in [0.25, 0.3) is 0 Å². The minimum atomic E-state index is -0.0209. The van der Waals surface area contributed by atoms with Crippen LogP contribution in [0.1, 0.15) is 19.8 Å². The average Bonchev–Trinajstić information content (AvgIpc) is 2.66. The first-order valence-electron chi connectivity index (χ1n) is 5.64. The van der Waals surface area contributed by atoms with Crippen LogP contribution in [0.4, 0.5) is 0 Å². The standard InChI is InChI=1S/C11H22N2O2/c1-9(8-15-3)11(14)13-6-4-5-10(13)7-12-2/h9-10,12H,4-8H2,1-3H3. The van der Waals surface area contributed by atoms with Crippen LogP contribution in [0.3, 0.4) is 0 Å². The first kappa shape index (κ1) is 12.5. The van der Waals surface area contributed by atoms with E-state index in [1.165, 1.54) is 0 Å². The van der Waals surface area contributed by atoms with E-state index in [9.17, 15) is 4.79 Å². The maximum Gasteiger partial charge on any atom is 0.228 e. The van der Waals surface area contributed by atoms with E-state index >= 15 is 0 Å². The summed E-state index contributed by atoms with van der Waals surface area (Å²) in [5.41, 5.74) is 0.